The molecule has 0 heterocycles. The number of ether oxygens (including phenoxy) is 1. The molecular formula is C8H8BBrO. The van der Waals surface area contributed by atoms with Gasteiger partial charge in [0.05, 0.1) is 7.11 Å². The van der Waals surface area contributed by atoms with E-state index in [1.807, 2.05) is 19.1 Å². The van der Waals surface area contributed by atoms with Gasteiger partial charge in [-0.15, -0.1) is 0 Å². The third kappa shape index (κ3) is 1.77. The Bertz CT molecular complexity index is 250. The van der Waals surface area contributed by atoms with Crippen molar-refractivity contribution in [1.82, 2.24) is 0 Å². The summed E-state index contributed by atoms with van der Waals surface area (Å²) in [5, 5.41) is 0. The third-order valence-electron chi connectivity index (χ3n) is 1.47. The van der Waals surface area contributed by atoms with Crippen LogP contribution in [0, 0.1) is 6.92 Å². The number of rotatable bonds is 1. The highest BCUT2D eigenvalue weighted by Crippen LogP contribution is 2.18. The minimum Gasteiger partial charge on any atom is -0.497 e. The summed E-state index contributed by atoms with van der Waals surface area (Å²) in [5.74, 6) is 0.758. The first-order chi connectivity index (χ1) is 5.15. The predicted molar refractivity (Wildman–Crippen MR) is 50.8 cm³/mol. The van der Waals surface area contributed by atoms with E-state index >= 15 is 0 Å². The van der Waals surface area contributed by atoms with Crippen molar-refractivity contribution in [3.63, 3.8) is 0 Å². The van der Waals surface area contributed by atoms with Crippen molar-refractivity contribution >= 4 is 29.2 Å². The number of methoxy groups -OCH3 is 1. The van der Waals surface area contributed by atoms with Gasteiger partial charge in [-0.25, -0.2) is 0 Å². The Hall–Kier alpha value is -0.435. The summed E-state index contributed by atoms with van der Waals surface area (Å²) in [7, 11) is 7.30. The zero-order valence-electron chi connectivity index (χ0n) is 6.52. The van der Waals surface area contributed by atoms with Crippen LogP contribution in [0.3, 0.4) is 0 Å². The van der Waals surface area contributed by atoms with Gasteiger partial charge in [0, 0.05) is 4.47 Å². The molecule has 3 heteroatoms. The summed E-state index contributed by atoms with van der Waals surface area (Å²) in [6.45, 7) is 1.96. The fraction of sp³-hybridized carbons (Fsp3) is 0.250. The second-order valence-electron chi connectivity index (χ2n) is 2.35. The predicted octanol–water partition coefficient (Wildman–Crippen LogP) is 1.56. The highest BCUT2D eigenvalue weighted by molar-refractivity contribution is 9.10. The van der Waals surface area contributed by atoms with E-state index in [0.29, 0.717) is 5.46 Å². The van der Waals surface area contributed by atoms with Crippen molar-refractivity contribution in [2.45, 2.75) is 6.92 Å². The molecule has 0 atom stereocenters. The molecule has 1 nitrogen and oxygen atoms in total. The minimum absolute atomic E-state index is 0.666. The molecule has 1 aromatic rings. The van der Waals surface area contributed by atoms with Crippen molar-refractivity contribution in [1.29, 1.82) is 0 Å². The SMILES string of the molecule is [B]c1cc(Br)cc(C)c1OC. The van der Waals surface area contributed by atoms with Crippen LogP contribution in [-0.2, 0) is 0 Å². The first-order valence-electron chi connectivity index (χ1n) is 3.24. The maximum Gasteiger partial charge on any atom is 0.119 e. The zero-order chi connectivity index (χ0) is 8.43. The van der Waals surface area contributed by atoms with Crippen LogP contribution in [0.1, 0.15) is 5.56 Å². The van der Waals surface area contributed by atoms with Crippen molar-refractivity contribution < 1.29 is 4.74 Å². The average Bonchev–Trinajstić information content (AvgIpc) is 1.85. The van der Waals surface area contributed by atoms with E-state index in [4.69, 9.17) is 12.6 Å². The molecule has 0 aromatic heterocycles. The quantitative estimate of drug-likeness (QED) is 0.640. The first kappa shape index (κ1) is 8.66. The van der Waals surface area contributed by atoms with E-state index in [2.05, 4.69) is 15.9 Å². The van der Waals surface area contributed by atoms with Gasteiger partial charge in [-0.1, -0.05) is 27.5 Å². The molecule has 0 fully saturated rings. The molecule has 0 N–H and O–H groups in total. The molecule has 0 spiro atoms. The third-order valence-corrected chi connectivity index (χ3v) is 1.93. The van der Waals surface area contributed by atoms with Crippen molar-refractivity contribution in [3.05, 3.63) is 22.2 Å². The molecule has 11 heavy (non-hydrogen) atoms. The Morgan fingerprint density at radius 2 is 2.09 bits per heavy atom. The summed E-state index contributed by atoms with van der Waals surface area (Å²) in [4.78, 5) is 0. The van der Waals surface area contributed by atoms with E-state index in [1.54, 1.807) is 7.11 Å². The molecule has 0 amide bonds. The molecule has 2 radical (unpaired) electrons. The van der Waals surface area contributed by atoms with Gasteiger partial charge < -0.3 is 4.74 Å². The molecule has 1 rings (SSSR count). The first-order valence-corrected chi connectivity index (χ1v) is 4.04. The van der Waals surface area contributed by atoms with Crippen molar-refractivity contribution in [2.24, 2.45) is 0 Å². The highest BCUT2D eigenvalue weighted by atomic mass is 79.9. The van der Waals surface area contributed by atoms with Gasteiger partial charge in [0.1, 0.15) is 13.6 Å². The number of halogens is 1. The van der Waals surface area contributed by atoms with Gasteiger partial charge in [-0.3, -0.25) is 0 Å². The number of hydrogen-bond acceptors (Lipinski definition) is 1. The van der Waals surface area contributed by atoms with E-state index in [-0.39, 0.29) is 0 Å². The molecule has 0 bridgehead atoms. The largest absolute Gasteiger partial charge is 0.497 e. The summed E-state index contributed by atoms with van der Waals surface area (Å²) < 4.78 is 6.06. The number of aryl methyl sites for hydroxylation is 1. The average molecular weight is 211 g/mol. The van der Waals surface area contributed by atoms with E-state index < -0.39 is 0 Å². The summed E-state index contributed by atoms with van der Waals surface area (Å²) >= 11 is 3.34. The lowest BCUT2D eigenvalue weighted by molar-refractivity contribution is 0.415. The molecule has 0 unspecified atom stereocenters. The van der Waals surface area contributed by atoms with Gasteiger partial charge in [0.15, 0.2) is 0 Å². The molecule has 0 aliphatic heterocycles. The molecule has 0 saturated carbocycles. The maximum atomic E-state index is 5.68. The summed E-state index contributed by atoms with van der Waals surface area (Å²) in [5.41, 5.74) is 1.71. The van der Waals surface area contributed by atoms with Crippen LogP contribution in [0.2, 0.25) is 0 Å². The van der Waals surface area contributed by atoms with Crippen molar-refractivity contribution in [3.8, 4) is 5.75 Å². The van der Waals surface area contributed by atoms with Gasteiger partial charge in [0.25, 0.3) is 0 Å². The van der Waals surface area contributed by atoms with Gasteiger partial charge in [-0.05, 0) is 18.6 Å². The van der Waals surface area contributed by atoms with Crippen molar-refractivity contribution in [2.75, 3.05) is 7.11 Å². The Labute approximate surface area is 76.3 Å². The fourth-order valence-electron chi connectivity index (χ4n) is 1.03. The zero-order valence-corrected chi connectivity index (χ0v) is 8.10. The normalized spacial score (nSPS) is 9.73. The van der Waals surface area contributed by atoms with Gasteiger partial charge >= 0.3 is 0 Å². The minimum atomic E-state index is 0.666. The Morgan fingerprint density at radius 3 is 2.55 bits per heavy atom. The van der Waals surface area contributed by atoms with Crippen LogP contribution >= 0.6 is 15.9 Å². The maximum absolute atomic E-state index is 5.68. The summed E-state index contributed by atoms with van der Waals surface area (Å²) in [6, 6.07) is 3.79. The number of hydrogen-bond donors (Lipinski definition) is 0. The van der Waals surface area contributed by atoms with E-state index in [0.717, 1.165) is 15.8 Å². The summed E-state index contributed by atoms with van der Waals surface area (Å²) in [6.07, 6.45) is 0. The van der Waals surface area contributed by atoms with Gasteiger partial charge in [0.2, 0.25) is 0 Å². The highest BCUT2D eigenvalue weighted by Gasteiger charge is 2.01. The Balaban J connectivity index is 3.25. The fourth-order valence-corrected chi connectivity index (χ4v) is 1.62. The number of benzene rings is 1. The molecule has 0 saturated heterocycles. The van der Waals surface area contributed by atoms with Crippen LogP contribution in [0.4, 0.5) is 0 Å². The van der Waals surface area contributed by atoms with Gasteiger partial charge in [-0.2, -0.15) is 0 Å². The van der Waals surface area contributed by atoms with Crippen LogP contribution in [0.5, 0.6) is 5.75 Å². The topological polar surface area (TPSA) is 9.23 Å². The molecule has 0 aliphatic rings. The Morgan fingerprint density at radius 1 is 1.45 bits per heavy atom. The molecule has 0 aliphatic carbocycles. The van der Waals surface area contributed by atoms with Crippen LogP contribution in [0.15, 0.2) is 16.6 Å². The molecule has 1 aromatic carbocycles. The Kier molecular flexibility index (Phi) is 2.60. The lowest BCUT2D eigenvalue weighted by Crippen LogP contribution is -2.08. The smallest absolute Gasteiger partial charge is 0.119 e. The lowest BCUT2D eigenvalue weighted by Gasteiger charge is -2.08. The monoisotopic (exact) mass is 210 g/mol. The van der Waals surface area contributed by atoms with Crippen LogP contribution in [-0.4, -0.2) is 15.0 Å². The second kappa shape index (κ2) is 3.31. The van der Waals surface area contributed by atoms with Crippen LogP contribution < -0.4 is 10.2 Å². The molecule has 56 valence electrons. The molecular weight excluding hydrogens is 203 g/mol. The standard InChI is InChI=1S/C8H8BBrO/c1-5-3-6(10)4-7(9)8(5)11-2/h3-4H,1-2H3. The van der Waals surface area contributed by atoms with Crippen LogP contribution in [0.25, 0.3) is 0 Å². The lowest BCUT2D eigenvalue weighted by atomic mass is 9.93. The van der Waals surface area contributed by atoms with E-state index in [9.17, 15) is 0 Å². The van der Waals surface area contributed by atoms with E-state index in [1.165, 1.54) is 0 Å². The second-order valence-corrected chi connectivity index (χ2v) is 3.26.